The molecule has 0 heterocycles. The molecule has 0 unspecified atom stereocenters. The Bertz CT molecular complexity index is 27.0. The second-order valence-electron chi connectivity index (χ2n) is 0.0833. The number of hydrogen-bond acceptors (Lipinski definition) is 2. The summed E-state index contributed by atoms with van der Waals surface area (Å²) in [5.41, 5.74) is 0. The van der Waals surface area contributed by atoms with Crippen LogP contribution < -0.4 is 0 Å². The van der Waals surface area contributed by atoms with Crippen LogP contribution in [0, 0.1) is 0 Å². The normalized spacial score (nSPS) is 4.00. The van der Waals surface area contributed by atoms with Crippen LogP contribution in [0.5, 0.6) is 0 Å². The summed E-state index contributed by atoms with van der Waals surface area (Å²) < 4.78 is 16.8. The zero-order valence-corrected chi connectivity index (χ0v) is 2.32. The van der Waals surface area contributed by atoms with Crippen LogP contribution in [-0.2, 0) is 11.6 Å². The van der Waals surface area contributed by atoms with Gasteiger partial charge < -0.3 is 0 Å². The fourth-order valence-electron chi connectivity index (χ4n) is 0. The zero-order chi connectivity index (χ0) is 2.71. The molecule has 0 aromatic rings. The van der Waals surface area contributed by atoms with Crippen LogP contribution >= 0.6 is 0 Å². The molecular formula is H3LiO2S. The minimum atomic E-state index is -1.42. The van der Waals surface area contributed by atoms with E-state index in [1.165, 1.54) is 0 Å². The molecular weight excluding hydrogens is 71.0 g/mol. The van der Waals surface area contributed by atoms with Gasteiger partial charge in [0.25, 0.3) is 0 Å². The Morgan fingerprint density at radius 1 is 1.25 bits per heavy atom. The van der Waals surface area contributed by atoms with Gasteiger partial charge >= 0.3 is 18.9 Å². The van der Waals surface area contributed by atoms with Crippen molar-refractivity contribution in [3.05, 3.63) is 0 Å². The third kappa shape index (κ3) is 20.4. The quantitative estimate of drug-likeness (QED) is 0.316. The zero-order valence-electron chi connectivity index (χ0n) is 1.32. The maximum atomic E-state index is 8.40. The summed E-state index contributed by atoms with van der Waals surface area (Å²) in [4.78, 5) is 0. The first-order chi connectivity index (χ1) is 1.41. The van der Waals surface area contributed by atoms with Crippen LogP contribution in [-0.4, -0.2) is 27.3 Å². The second-order valence-corrected chi connectivity index (χ2v) is 0.250. The first-order valence-electron chi connectivity index (χ1n) is 0.408. The van der Waals surface area contributed by atoms with E-state index in [9.17, 15) is 0 Å². The van der Waals surface area contributed by atoms with Gasteiger partial charge in [-0.25, -0.2) is 8.42 Å². The summed E-state index contributed by atoms with van der Waals surface area (Å²) in [6, 6.07) is 0. The molecule has 0 N–H and O–H groups in total. The van der Waals surface area contributed by atoms with Crippen molar-refractivity contribution in [1.82, 2.24) is 0 Å². The molecule has 0 rings (SSSR count). The molecule has 22 valence electrons. The van der Waals surface area contributed by atoms with E-state index in [0.29, 0.717) is 0 Å². The van der Waals surface area contributed by atoms with Gasteiger partial charge in [-0.1, -0.05) is 0 Å². The summed E-state index contributed by atoms with van der Waals surface area (Å²) in [6.07, 6.45) is 0. The average Bonchev–Trinajstić information content (AvgIpc) is 0.918. The average molecular weight is 74.0 g/mol. The molecule has 0 fully saturated rings. The van der Waals surface area contributed by atoms with Crippen LogP contribution in [0.4, 0.5) is 0 Å². The van der Waals surface area contributed by atoms with E-state index >= 15 is 0 Å². The Labute approximate surface area is 39.4 Å². The fraction of sp³-hybridized carbons (Fsp3) is 0. The Balaban J connectivity index is 0. The Kier molecular flexibility index (Phi) is 21.2. The van der Waals surface area contributed by atoms with E-state index in [-0.39, 0.29) is 18.9 Å². The van der Waals surface area contributed by atoms with Crippen molar-refractivity contribution in [1.29, 1.82) is 0 Å². The molecule has 0 aliphatic carbocycles. The fourth-order valence-corrected chi connectivity index (χ4v) is 0. The monoisotopic (exact) mass is 74.0 g/mol. The van der Waals surface area contributed by atoms with Crippen LogP contribution in [0.15, 0.2) is 0 Å². The number of hydrogen-bond donors (Lipinski definition) is 0. The summed E-state index contributed by atoms with van der Waals surface area (Å²) in [5, 5.41) is 0. The van der Waals surface area contributed by atoms with Gasteiger partial charge in [0.05, 0.1) is 0 Å². The molecule has 0 radical (unpaired) electrons. The maximum absolute atomic E-state index is 8.40. The van der Waals surface area contributed by atoms with E-state index in [0.717, 1.165) is 0 Å². The van der Waals surface area contributed by atoms with Crippen molar-refractivity contribution in [2.24, 2.45) is 0 Å². The third-order valence-electron chi connectivity index (χ3n) is 0. The van der Waals surface area contributed by atoms with Crippen molar-refractivity contribution in [2.45, 2.75) is 0 Å². The first-order valence-corrected chi connectivity index (χ1v) is 1.22. The molecule has 4 heavy (non-hydrogen) atoms. The molecule has 0 bridgehead atoms. The van der Waals surface area contributed by atoms with Crippen LogP contribution in [0.3, 0.4) is 0 Å². The second kappa shape index (κ2) is 9.61. The molecule has 0 aliphatic heterocycles. The summed E-state index contributed by atoms with van der Waals surface area (Å²) in [7, 11) is 0. The molecule has 0 aromatic carbocycles. The Morgan fingerprint density at radius 2 is 1.25 bits per heavy atom. The van der Waals surface area contributed by atoms with E-state index < -0.39 is 11.6 Å². The molecule has 0 saturated carbocycles. The van der Waals surface area contributed by atoms with Gasteiger partial charge in [0, 0.05) is 0 Å². The molecule has 0 aliphatic rings. The van der Waals surface area contributed by atoms with Gasteiger partial charge in [0.15, 0.2) is 0 Å². The van der Waals surface area contributed by atoms with Gasteiger partial charge in [-0.05, 0) is 0 Å². The van der Waals surface area contributed by atoms with Crippen molar-refractivity contribution >= 4 is 30.4 Å². The summed E-state index contributed by atoms with van der Waals surface area (Å²) >= 11 is -1.42. The van der Waals surface area contributed by atoms with Gasteiger partial charge in [-0.3, -0.25) is 0 Å². The van der Waals surface area contributed by atoms with Crippen LogP contribution in [0.1, 0.15) is 0 Å². The predicted octanol–water partition coefficient (Wildman–Crippen LogP) is -1.85. The Morgan fingerprint density at radius 3 is 1.25 bits per heavy atom. The van der Waals surface area contributed by atoms with Crippen LogP contribution in [0.2, 0.25) is 0 Å². The Hall–Kier alpha value is 0.547. The predicted molar refractivity (Wildman–Crippen MR) is 18.9 cm³/mol. The van der Waals surface area contributed by atoms with Gasteiger partial charge in [-0.2, -0.15) is 0 Å². The van der Waals surface area contributed by atoms with Crippen molar-refractivity contribution in [3.63, 3.8) is 0 Å². The van der Waals surface area contributed by atoms with E-state index in [2.05, 4.69) is 0 Å². The molecule has 0 saturated heterocycles. The summed E-state index contributed by atoms with van der Waals surface area (Å²) in [6.45, 7) is 0. The molecule has 0 amide bonds. The van der Waals surface area contributed by atoms with Crippen molar-refractivity contribution in [2.75, 3.05) is 0 Å². The number of rotatable bonds is 0. The summed E-state index contributed by atoms with van der Waals surface area (Å²) in [5.74, 6) is 0. The molecule has 0 atom stereocenters. The van der Waals surface area contributed by atoms with E-state index in [1.54, 1.807) is 0 Å². The van der Waals surface area contributed by atoms with E-state index in [4.69, 9.17) is 8.42 Å². The molecule has 0 aromatic heterocycles. The van der Waals surface area contributed by atoms with Crippen molar-refractivity contribution in [3.8, 4) is 0 Å². The first kappa shape index (κ1) is 8.82. The SMILES string of the molecule is O=[SH2]=O.[LiH]. The van der Waals surface area contributed by atoms with E-state index in [1.807, 2.05) is 0 Å². The minimum absolute atomic E-state index is 0. The molecule has 2 nitrogen and oxygen atoms in total. The van der Waals surface area contributed by atoms with Crippen molar-refractivity contribution < 1.29 is 8.42 Å². The topological polar surface area (TPSA) is 34.1 Å². The van der Waals surface area contributed by atoms with Gasteiger partial charge in [-0.15, -0.1) is 0 Å². The van der Waals surface area contributed by atoms with Gasteiger partial charge in [0.2, 0.25) is 0 Å². The molecule has 4 heteroatoms. The molecule has 0 spiro atoms. The van der Waals surface area contributed by atoms with Gasteiger partial charge in [0.1, 0.15) is 11.6 Å². The standard InChI is InChI=1S/Li.H2O2S.H/c;1-3-2;/h;3H2;. The third-order valence-corrected chi connectivity index (χ3v) is 0. The van der Waals surface area contributed by atoms with Crippen LogP contribution in [0.25, 0.3) is 0 Å².